The summed E-state index contributed by atoms with van der Waals surface area (Å²) in [6, 6.07) is 6.09. The zero-order valence-corrected chi connectivity index (χ0v) is 12.8. The smallest absolute Gasteiger partial charge is 0.410 e. The van der Waals surface area contributed by atoms with Crippen LogP contribution < -0.4 is 10.1 Å². The predicted molar refractivity (Wildman–Crippen MR) is 77.5 cm³/mol. The van der Waals surface area contributed by atoms with Crippen LogP contribution in [0.3, 0.4) is 0 Å². The lowest BCUT2D eigenvalue weighted by Gasteiger charge is -2.14. The van der Waals surface area contributed by atoms with Gasteiger partial charge < -0.3 is 10.1 Å². The van der Waals surface area contributed by atoms with Gasteiger partial charge in [0.25, 0.3) is 0 Å². The lowest BCUT2D eigenvalue weighted by atomic mass is 10.1. The molecular weight excluding hydrogens is 365 g/mol. The third-order valence-corrected chi connectivity index (χ3v) is 3.37. The standard InChI is InChI=1S/C14H10BrF3N2O2/c1-19-13(21)22-11-5-4-8(14(16,17)18)7-9(11)12-10(15)3-2-6-20-12/h2-7H,1H3,(H,19,21). The lowest BCUT2D eigenvalue weighted by molar-refractivity contribution is -0.137. The topological polar surface area (TPSA) is 51.2 Å². The number of halogens is 4. The van der Waals surface area contributed by atoms with Gasteiger partial charge in [0.05, 0.1) is 11.3 Å². The van der Waals surface area contributed by atoms with Gasteiger partial charge in [-0.05, 0) is 46.3 Å². The summed E-state index contributed by atoms with van der Waals surface area (Å²) in [5.74, 6) is -0.0215. The Bertz CT molecular complexity index is 705. The summed E-state index contributed by atoms with van der Waals surface area (Å²) < 4.78 is 44.2. The molecule has 22 heavy (non-hydrogen) atoms. The quantitative estimate of drug-likeness (QED) is 0.854. The molecule has 0 atom stereocenters. The molecule has 0 aliphatic rings. The van der Waals surface area contributed by atoms with Gasteiger partial charge in [-0.1, -0.05) is 0 Å². The number of rotatable bonds is 2. The SMILES string of the molecule is CNC(=O)Oc1ccc(C(F)(F)F)cc1-c1ncccc1Br. The second kappa shape index (κ2) is 6.35. The molecule has 2 aromatic rings. The van der Waals surface area contributed by atoms with E-state index in [4.69, 9.17) is 4.74 Å². The number of hydrogen-bond acceptors (Lipinski definition) is 3. The Balaban J connectivity index is 2.60. The normalized spacial score (nSPS) is 11.1. The van der Waals surface area contributed by atoms with Crippen molar-refractivity contribution in [3.63, 3.8) is 0 Å². The number of hydrogen-bond donors (Lipinski definition) is 1. The molecule has 1 aromatic carbocycles. The third kappa shape index (κ3) is 3.56. The number of carbonyl (C=O) groups excluding carboxylic acids is 1. The van der Waals surface area contributed by atoms with Crippen LogP contribution in [0, 0.1) is 0 Å². The highest BCUT2D eigenvalue weighted by Crippen LogP contribution is 2.38. The number of nitrogens with zero attached hydrogens (tertiary/aromatic N) is 1. The van der Waals surface area contributed by atoms with E-state index in [1.54, 1.807) is 12.1 Å². The molecular formula is C14H10BrF3N2O2. The van der Waals surface area contributed by atoms with Crippen LogP contribution in [0.15, 0.2) is 41.0 Å². The van der Waals surface area contributed by atoms with Gasteiger partial charge in [0.2, 0.25) is 0 Å². The van der Waals surface area contributed by atoms with Gasteiger partial charge in [0.15, 0.2) is 0 Å². The molecule has 0 bridgehead atoms. The first-order valence-electron chi connectivity index (χ1n) is 6.04. The molecule has 1 amide bonds. The van der Waals surface area contributed by atoms with Gasteiger partial charge in [0.1, 0.15) is 5.75 Å². The van der Waals surface area contributed by atoms with Crippen LogP contribution in [0.4, 0.5) is 18.0 Å². The lowest BCUT2D eigenvalue weighted by Crippen LogP contribution is -2.22. The molecule has 1 aromatic heterocycles. The summed E-state index contributed by atoms with van der Waals surface area (Å²) in [4.78, 5) is 15.4. The van der Waals surface area contributed by atoms with Crippen LogP contribution in [-0.4, -0.2) is 18.1 Å². The highest BCUT2D eigenvalue weighted by Gasteiger charge is 2.32. The summed E-state index contributed by atoms with van der Waals surface area (Å²) in [5.41, 5.74) is -0.553. The Morgan fingerprint density at radius 1 is 1.32 bits per heavy atom. The van der Waals surface area contributed by atoms with Crippen molar-refractivity contribution in [3.05, 3.63) is 46.6 Å². The van der Waals surface area contributed by atoms with Crippen molar-refractivity contribution in [2.24, 2.45) is 0 Å². The van der Waals surface area contributed by atoms with Crippen molar-refractivity contribution in [2.45, 2.75) is 6.18 Å². The fourth-order valence-electron chi connectivity index (χ4n) is 1.72. The van der Waals surface area contributed by atoms with Crippen LogP contribution in [0.2, 0.25) is 0 Å². The van der Waals surface area contributed by atoms with E-state index in [1.165, 1.54) is 13.2 Å². The average Bonchev–Trinajstić information content (AvgIpc) is 2.47. The van der Waals surface area contributed by atoms with Crippen molar-refractivity contribution in [2.75, 3.05) is 7.05 Å². The molecule has 1 heterocycles. The maximum absolute atomic E-state index is 12.9. The largest absolute Gasteiger partial charge is 0.416 e. The van der Waals surface area contributed by atoms with Crippen LogP contribution in [0.5, 0.6) is 5.75 Å². The molecule has 0 saturated heterocycles. The van der Waals surface area contributed by atoms with Gasteiger partial charge >= 0.3 is 12.3 Å². The van der Waals surface area contributed by atoms with Gasteiger partial charge in [-0.15, -0.1) is 0 Å². The fourth-order valence-corrected chi connectivity index (χ4v) is 2.18. The Hall–Kier alpha value is -2.09. The predicted octanol–water partition coefficient (Wildman–Crippen LogP) is 4.25. The Morgan fingerprint density at radius 3 is 2.64 bits per heavy atom. The molecule has 4 nitrogen and oxygen atoms in total. The highest BCUT2D eigenvalue weighted by atomic mass is 79.9. The molecule has 0 unspecified atom stereocenters. The summed E-state index contributed by atoms with van der Waals surface area (Å²) in [5, 5.41) is 2.24. The molecule has 1 N–H and O–H groups in total. The molecule has 116 valence electrons. The van der Waals surface area contributed by atoms with Crippen LogP contribution >= 0.6 is 15.9 Å². The number of carbonyl (C=O) groups is 1. The van der Waals surface area contributed by atoms with E-state index in [-0.39, 0.29) is 17.0 Å². The van der Waals surface area contributed by atoms with Crippen molar-refractivity contribution in [3.8, 4) is 17.0 Å². The van der Waals surface area contributed by atoms with Crippen molar-refractivity contribution >= 4 is 22.0 Å². The Labute approximate surface area is 132 Å². The molecule has 8 heteroatoms. The first kappa shape index (κ1) is 16.3. The fraction of sp³-hybridized carbons (Fsp3) is 0.143. The zero-order chi connectivity index (χ0) is 16.3. The monoisotopic (exact) mass is 374 g/mol. The average molecular weight is 375 g/mol. The van der Waals surface area contributed by atoms with E-state index >= 15 is 0 Å². The zero-order valence-electron chi connectivity index (χ0n) is 11.2. The summed E-state index contributed by atoms with van der Waals surface area (Å²) in [6.07, 6.45) is -3.86. The number of alkyl halides is 3. The summed E-state index contributed by atoms with van der Waals surface area (Å²) in [6.45, 7) is 0. The number of ether oxygens (including phenoxy) is 1. The van der Waals surface area contributed by atoms with Gasteiger partial charge in [0, 0.05) is 23.3 Å². The van der Waals surface area contributed by atoms with Gasteiger partial charge in [-0.2, -0.15) is 13.2 Å². The van der Waals surface area contributed by atoms with Gasteiger partial charge in [-0.25, -0.2) is 4.79 Å². The molecule has 2 rings (SSSR count). The summed E-state index contributed by atoms with van der Waals surface area (Å²) in [7, 11) is 1.35. The summed E-state index contributed by atoms with van der Waals surface area (Å²) >= 11 is 3.23. The van der Waals surface area contributed by atoms with Crippen molar-refractivity contribution in [1.29, 1.82) is 0 Å². The number of nitrogens with one attached hydrogen (secondary N) is 1. The highest BCUT2D eigenvalue weighted by molar-refractivity contribution is 9.10. The first-order chi connectivity index (χ1) is 10.3. The van der Waals surface area contributed by atoms with Crippen LogP contribution in [-0.2, 0) is 6.18 Å². The van der Waals surface area contributed by atoms with Crippen LogP contribution in [0.1, 0.15) is 5.56 Å². The number of benzene rings is 1. The molecule has 0 fully saturated rings. The van der Waals surface area contributed by atoms with Crippen molar-refractivity contribution < 1.29 is 22.7 Å². The first-order valence-corrected chi connectivity index (χ1v) is 6.84. The van der Waals surface area contributed by atoms with Crippen LogP contribution in [0.25, 0.3) is 11.3 Å². The van der Waals surface area contributed by atoms with E-state index in [1.807, 2.05) is 0 Å². The van der Waals surface area contributed by atoms with Gasteiger partial charge in [-0.3, -0.25) is 4.98 Å². The molecule has 0 aliphatic carbocycles. The number of amides is 1. The van der Waals surface area contributed by atoms with E-state index in [2.05, 4.69) is 26.2 Å². The maximum Gasteiger partial charge on any atom is 0.416 e. The number of pyridine rings is 1. The second-order valence-electron chi connectivity index (χ2n) is 4.18. The van der Waals surface area contributed by atoms with E-state index in [9.17, 15) is 18.0 Å². The van der Waals surface area contributed by atoms with E-state index in [0.29, 0.717) is 4.47 Å². The maximum atomic E-state index is 12.9. The molecule has 0 spiro atoms. The van der Waals surface area contributed by atoms with Crippen molar-refractivity contribution in [1.82, 2.24) is 10.3 Å². The van der Waals surface area contributed by atoms with E-state index < -0.39 is 17.8 Å². The van der Waals surface area contributed by atoms with E-state index in [0.717, 1.165) is 18.2 Å². The Morgan fingerprint density at radius 2 is 2.05 bits per heavy atom. The number of aromatic nitrogens is 1. The second-order valence-corrected chi connectivity index (χ2v) is 5.04. The molecule has 0 saturated carbocycles. The molecule has 0 aliphatic heterocycles. The minimum absolute atomic E-state index is 0.0215. The Kier molecular flexibility index (Phi) is 4.70. The molecule has 0 radical (unpaired) electrons. The third-order valence-electron chi connectivity index (χ3n) is 2.73. The minimum Gasteiger partial charge on any atom is -0.410 e. The minimum atomic E-state index is -4.51.